The molecule has 4 atom stereocenters. The zero-order chi connectivity index (χ0) is 13.8. The van der Waals surface area contributed by atoms with Crippen LogP contribution in [0.1, 0.15) is 66.7 Å². The highest BCUT2D eigenvalue weighted by atomic mass is 19.1. The zero-order valence-electron chi connectivity index (χ0n) is 12.7. The molecule has 0 saturated carbocycles. The molecule has 17 heavy (non-hydrogen) atoms. The van der Waals surface area contributed by atoms with Crippen molar-refractivity contribution in [1.82, 2.24) is 0 Å². The van der Waals surface area contributed by atoms with Crippen LogP contribution in [0.15, 0.2) is 0 Å². The highest BCUT2D eigenvalue weighted by Gasteiger charge is 2.13. The molecular formula is C15H33FO. The molecule has 0 radical (unpaired) electrons. The van der Waals surface area contributed by atoms with Crippen molar-refractivity contribution in [3.63, 3.8) is 0 Å². The molecule has 0 aromatic carbocycles. The van der Waals surface area contributed by atoms with E-state index >= 15 is 0 Å². The Bertz CT molecular complexity index is 148. The van der Waals surface area contributed by atoms with E-state index in [1.807, 2.05) is 6.92 Å². The van der Waals surface area contributed by atoms with Gasteiger partial charge in [-0.1, -0.05) is 47.0 Å². The lowest BCUT2D eigenvalue weighted by Crippen LogP contribution is -2.12. The first kappa shape index (κ1) is 19.2. The van der Waals surface area contributed by atoms with Crippen LogP contribution in [0.2, 0.25) is 0 Å². The summed E-state index contributed by atoms with van der Waals surface area (Å²) >= 11 is 0. The van der Waals surface area contributed by atoms with Gasteiger partial charge in [-0.3, -0.25) is 4.39 Å². The number of aliphatic hydroxyl groups excluding tert-OH is 1. The molecule has 0 bridgehead atoms. The van der Waals surface area contributed by atoms with Gasteiger partial charge in [0.25, 0.3) is 0 Å². The van der Waals surface area contributed by atoms with Gasteiger partial charge in [-0.2, -0.15) is 0 Å². The Labute approximate surface area is 108 Å². The summed E-state index contributed by atoms with van der Waals surface area (Å²) in [5, 5.41) is 9.24. The Balaban J connectivity index is 0. The summed E-state index contributed by atoms with van der Waals surface area (Å²) < 4.78 is 9.50. The molecule has 0 heterocycles. The fourth-order valence-corrected chi connectivity index (χ4v) is 1.82. The third-order valence-electron chi connectivity index (χ3n) is 3.82. The van der Waals surface area contributed by atoms with Crippen LogP contribution in [-0.2, 0) is 0 Å². The molecule has 1 nitrogen and oxygen atoms in total. The summed E-state index contributed by atoms with van der Waals surface area (Å²) in [5.74, 6) is 2.43. The molecule has 2 heteroatoms. The van der Waals surface area contributed by atoms with E-state index in [1.54, 1.807) is 0 Å². The number of hydrogen-bond acceptors (Lipinski definition) is 1. The number of halogens is 1. The molecule has 0 aromatic heterocycles. The van der Waals surface area contributed by atoms with Crippen LogP contribution in [0, 0.1) is 17.8 Å². The van der Waals surface area contributed by atoms with Gasteiger partial charge >= 0.3 is 0 Å². The highest BCUT2D eigenvalue weighted by Crippen LogP contribution is 2.24. The molecule has 1 N–H and O–H groups in total. The van der Waals surface area contributed by atoms with E-state index in [0.717, 1.165) is 24.2 Å². The normalized spacial score (nSPS) is 17.6. The topological polar surface area (TPSA) is 20.2 Å². The van der Waals surface area contributed by atoms with E-state index in [4.69, 9.17) is 0 Å². The van der Waals surface area contributed by atoms with Gasteiger partial charge in [0.1, 0.15) is 0 Å². The lowest BCUT2D eigenvalue weighted by atomic mass is 9.85. The van der Waals surface area contributed by atoms with E-state index in [2.05, 4.69) is 27.7 Å². The summed E-state index contributed by atoms with van der Waals surface area (Å²) in [6, 6.07) is 0. The molecule has 0 saturated heterocycles. The second-order valence-corrected chi connectivity index (χ2v) is 5.47. The maximum atomic E-state index is 9.50. The van der Waals surface area contributed by atoms with Crippen molar-refractivity contribution in [3.8, 4) is 0 Å². The van der Waals surface area contributed by atoms with Crippen LogP contribution in [0.4, 0.5) is 4.39 Å². The fourth-order valence-electron chi connectivity index (χ4n) is 1.82. The largest absolute Gasteiger partial charge is 0.393 e. The second kappa shape index (κ2) is 12.3. The monoisotopic (exact) mass is 248 g/mol. The minimum Gasteiger partial charge on any atom is -0.393 e. The average Bonchev–Trinajstić information content (AvgIpc) is 2.34. The second-order valence-electron chi connectivity index (χ2n) is 5.47. The molecule has 0 aliphatic heterocycles. The van der Waals surface area contributed by atoms with E-state index < -0.39 is 0 Å². The minimum absolute atomic E-state index is 0.130. The van der Waals surface area contributed by atoms with Crippen molar-refractivity contribution in [1.29, 1.82) is 0 Å². The van der Waals surface area contributed by atoms with Crippen molar-refractivity contribution in [3.05, 3.63) is 0 Å². The maximum Gasteiger partial charge on any atom is 0.0785 e. The maximum absolute atomic E-state index is 9.50. The van der Waals surface area contributed by atoms with Gasteiger partial charge in [-0.05, 0) is 37.5 Å². The van der Waals surface area contributed by atoms with Crippen LogP contribution in [0.5, 0.6) is 0 Å². The standard InChI is InChI=1S/C14H30O.CH3F/c1-6-11(2)7-8-12(3)13(4)9-10-14(5)15;1-2/h11-15H,6-10H2,1-5H3;1H3/t11-,12?,13?,14-;/m1./s1. The van der Waals surface area contributed by atoms with E-state index in [1.165, 1.54) is 25.7 Å². The minimum atomic E-state index is -0.130. The Morgan fingerprint density at radius 1 is 0.824 bits per heavy atom. The zero-order valence-corrected chi connectivity index (χ0v) is 12.7. The van der Waals surface area contributed by atoms with Crippen molar-refractivity contribution < 1.29 is 9.50 Å². The Morgan fingerprint density at radius 3 is 1.59 bits per heavy atom. The van der Waals surface area contributed by atoms with Gasteiger partial charge in [0.2, 0.25) is 0 Å². The number of alkyl halides is 1. The molecule has 0 fully saturated rings. The van der Waals surface area contributed by atoms with Gasteiger partial charge in [-0.15, -0.1) is 0 Å². The summed E-state index contributed by atoms with van der Waals surface area (Å²) in [5.41, 5.74) is 0. The SMILES string of the molecule is CC[C@@H](C)CCC(C)C(C)CC[C@@H](C)O.CF. The molecule has 0 aliphatic rings. The first-order valence-corrected chi connectivity index (χ1v) is 7.03. The van der Waals surface area contributed by atoms with Crippen LogP contribution < -0.4 is 0 Å². The fraction of sp³-hybridized carbons (Fsp3) is 1.00. The van der Waals surface area contributed by atoms with Crippen molar-refractivity contribution in [2.24, 2.45) is 17.8 Å². The van der Waals surface area contributed by atoms with Crippen molar-refractivity contribution in [2.75, 3.05) is 7.18 Å². The predicted molar refractivity (Wildman–Crippen MR) is 75.0 cm³/mol. The molecule has 0 aliphatic carbocycles. The molecular weight excluding hydrogens is 215 g/mol. The van der Waals surface area contributed by atoms with Crippen LogP contribution in [0.3, 0.4) is 0 Å². The van der Waals surface area contributed by atoms with Gasteiger partial charge < -0.3 is 5.11 Å². The quantitative estimate of drug-likeness (QED) is 0.652. The van der Waals surface area contributed by atoms with E-state index in [-0.39, 0.29) is 6.10 Å². The van der Waals surface area contributed by atoms with Gasteiger partial charge in [-0.25, -0.2) is 0 Å². The molecule has 2 unspecified atom stereocenters. The van der Waals surface area contributed by atoms with Crippen LogP contribution in [-0.4, -0.2) is 18.4 Å². The first-order chi connectivity index (χ1) is 7.97. The Kier molecular flexibility index (Phi) is 14.0. The molecule has 0 rings (SSSR count). The van der Waals surface area contributed by atoms with Gasteiger partial charge in [0.15, 0.2) is 0 Å². The van der Waals surface area contributed by atoms with Crippen LogP contribution in [0.25, 0.3) is 0 Å². The first-order valence-electron chi connectivity index (χ1n) is 7.03. The summed E-state index contributed by atoms with van der Waals surface area (Å²) in [7, 11) is 0.500. The Morgan fingerprint density at radius 2 is 1.24 bits per heavy atom. The summed E-state index contributed by atoms with van der Waals surface area (Å²) in [6.45, 7) is 11.2. The van der Waals surface area contributed by atoms with Gasteiger partial charge in [0, 0.05) is 0 Å². The summed E-state index contributed by atoms with van der Waals surface area (Å²) in [6.07, 6.45) is 5.99. The number of hydrogen-bond donors (Lipinski definition) is 1. The lowest BCUT2D eigenvalue weighted by molar-refractivity contribution is 0.166. The molecule has 0 amide bonds. The van der Waals surface area contributed by atoms with E-state index in [9.17, 15) is 9.50 Å². The molecule has 0 aromatic rings. The molecule has 106 valence electrons. The Hall–Kier alpha value is -0.110. The molecule has 0 spiro atoms. The third-order valence-corrected chi connectivity index (χ3v) is 3.82. The van der Waals surface area contributed by atoms with Crippen molar-refractivity contribution >= 4 is 0 Å². The third kappa shape index (κ3) is 12.1. The highest BCUT2D eigenvalue weighted by molar-refractivity contribution is 4.65. The smallest absolute Gasteiger partial charge is 0.0785 e. The van der Waals surface area contributed by atoms with Crippen LogP contribution >= 0.6 is 0 Å². The number of aliphatic hydroxyl groups is 1. The van der Waals surface area contributed by atoms with Gasteiger partial charge in [0.05, 0.1) is 13.3 Å². The van der Waals surface area contributed by atoms with Crippen molar-refractivity contribution in [2.45, 2.75) is 72.8 Å². The average molecular weight is 248 g/mol. The predicted octanol–water partition coefficient (Wildman–Crippen LogP) is 4.83. The summed E-state index contributed by atoms with van der Waals surface area (Å²) in [4.78, 5) is 0. The lowest BCUT2D eigenvalue weighted by Gasteiger charge is -2.21. The number of rotatable bonds is 8. The van der Waals surface area contributed by atoms with E-state index in [0.29, 0.717) is 7.18 Å².